The molecule has 1 aromatic carbocycles. The predicted molar refractivity (Wildman–Crippen MR) is 81.1 cm³/mol. The van der Waals surface area contributed by atoms with Crippen molar-refractivity contribution >= 4 is 41.6 Å². The van der Waals surface area contributed by atoms with Crippen molar-refractivity contribution in [3.8, 4) is 0 Å². The molecule has 1 aliphatic rings. The molecular formula is C13H16Cl3NO3. The molecule has 1 heterocycles. The molecule has 1 aromatic rings. The SMILES string of the molecule is CC(C(=O)O)N1CCOC(c2ccc(Cl)c(Cl)c2)C1.Cl. The second-order valence-electron chi connectivity index (χ2n) is 4.54. The Morgan fingerprint density at radius 3 is 2.75 bits per heavy atom. The van der Waals surface area contributed by atoms with E-state index in [4.69, 9.17) is 33.0 Å². The van der Waals surface area contributed by atoms with Gasteiger partial charge in [0, 0.05) is 13.1 Å². The van der Waals surface area contributed by atoms with Crippen LogP contribution in [0.4, 0.5) is 0 Å². The topological polar surface area (TPSA) is 49.8 Å². The van der Waals surface area contributed by atoms with Crippen LogP contribution in [0.25, 0.3) is 0 Å². The van der Waals surface area contributed by atoms with Crippen molar-refractivity contribution in [1.82, 2.24) is 4.90 Å². The maximum Gasteiger partial charge on any atom is 0.320 e. The summed E-state index contributed by atoms with van der Waals surface area (Å²) < 4.78 is 5.68. The van der Waals surface area contributed by atoms with E-state index in [-0.39, 0.29) is 18.5 Å². The van der Waals surface area contributed by atoms with Crippen molar-refractivity contribution in [1.29, 1.82) is 0 Å². The number of hydrogen-bond acceptors (Lipinski definition) is 3. The lowest BCUT2D eigenvalue weighted by Gasteiger charge is -2.35. The molecule has 2 atom stereocenters. The molecule has 4 nitrogen and oxygen atoms in total. The highest BCUT2D eigenvalue weighted by molar-refractivity contribution is 6.42. The number of morpholine rings is 1. The second-order valence-corrected chi connectivity index (χ2v) is 5.36. The first-order chi connectivity index (χ1) is 8.99. The van der Waals surface area contributed by atoms with E-state index in [2.05, 4.69) is 0 Å². The molecule has 2 rings (SSSR count). The summed E-state index contributed by atoms with van der Waals surface area (Å²) in [6.07, 6.45) is -0.176. The second kappa shape index (κ2) is 7.48. The molecule has 1 fully saturated rings. The molecule has 0 aromatic heterocycles. The Labute approximate surface area is 134 Å². The fourth-order valence-corrected chi connectivity index (χ4v) is 2.40. The largest absolute Gasteiger partial charge is 0.480 e. The fourth-order valence-electron chi connectivity index (χ4n) is 2.09. The minimum absolute atomic E-state index is 0. The summed E-state index contributed by atoms with van der Waals surface area (Å²) in [5.74, 6) is -0.824. The Balaban J connectivity index is 0.00000200. The average Bonchev–Trinajstić information content (AvgIpc) is 2.41. The summed E-state index contributed by atoms with van der Waals surface area (Å²) in [6, 6.07) is 4.83. The van der Waals surface area contributed by atoms with E-state index < -0.39 is 12.0 Å². The zero-order valence-electron chi connectivity index (χ0n) is 10.9. The van der Waals surface area contributed by atoms with Gasteiger partial charge in [0.05, 0.1) is 22.8 Å². The molecule has 0 spiro atoms. The maximum atomic E-state index is 11.0. The molecule has 0 bridgehead atoms. The molecule has 2 unspecified atom stereocenters. The molecule has 20 heavy (non-hydrogen) atoms. The van der Waals surface area contributed by atoms with Crippen LogP contribution in [-0.4, -0.2) is 41.7 Å². The maximum absolute atomic E-state index is 11.0. The molecule has 0 saturated carbocycles. The Kier molecular flexibility index (Phi) is 6.55. The Bertz CT molecular complexity index is 484. The van der Waals surface area contributed by atoms with Gasteiger partial charge in [0.15, 0.2) is 0 Å². The minimum atomic E-state index is -0.824. The van der Waals surface area contributed by atoms with Gasteiger partial charge in [-0.1, -0.05) is 29.3 Å². The van der Waals surface area contributed by atoms with Crippen molar-refractivity contribution in [2.45, 2.75) is 19.1 Å². The van der Waals surface area contributed by atoms with E-state index in [0.29, 0.717) is 29.7 Å². The quantitative estimate of drug-likeness (QED) is 0.917. The summed E-state index contributed by atoms with van der Waals surface area (Å²) in [6.45, 7) is 3.33. The van der Waals surface area contributed by atoms with Gasteiger partial charge in [-0.3, -0.25) is 9.69 Å². The monoisotopic (exact) mass is 339 g/mol. The number of carboxylic acid groups (broad SMARTS) is 1. The van der Waals surface area contributed by atoms with Crippen molar-refractivity contribution in [3.05, 3.63) is 33.8 Å². The van der Waals surface area contributed by atoms with Crippen LogP contribution in [0.3, 0.4) is 0 Å². The van der Waals surface area contributed by atoms with Gasteiger partial charge in [0.25, 0.3) is 0 Å². The number of nitrogens with zero attached hydrogens (tertiary/aromatic N) is 1. The lowest BCUT2D eigenvalue weighted by atomic mass is 10.1. The minimum Gasteiger partial charge on any atom is -0.480 e. The zero-order chi connectivity index (χ0) is 14.0. The zero-order valence-corrected chi connectivity index (χ0v) is 13.2. The summed E-state index contributed by atoms with van der Waals surface area (Å²) in [5.41, 5.74) is 0.914. The molecule has 1 N–H and O–H groups in total. The number of benzene rings is 1. The molecule has 0 radical (unpaired) electrons. The Morgan fingerprint density at radius 1 is 1.45 bits per heavy atom. The lowest BCUT2D eigenvalue weighted by molar-refractivity contribution is -0.145. The summed E-state index contributed by atoms with van der Waals surface area (Å²) in [4.78, 5) is 12.9. The first-order valence-electron chi connectivity index (χ1n) is 6.02. The molecule has 112 valence electrons. The van der Waals surface area contributed by atoms with Crippen LogP contribution < -0.4 is 0 Å². The highest BCUT2D eigenvalue weighted by Gasteiger charge is 2.28. The van der Waals surface area contributed by atoms with Crippen LogP contribution in [-0.2, 0) is 9.53 Å². The van der Waals surface area contributed by atoms with E-state index in [1.165, 1.54) is 0 Å². The smallest absolute Gasteiger partial charge is 0.320 e. The molecule has 1 saturated heterocycles. The van der Waals surface area contributed by atoms with Gasteiger partial charge in [-0.2, -0.15) is 0 Å². The summed E-state index contributed by atoms with van der Waals surface area (Å²) >= 11 is 11.9. The van der Waals surface area contributed by atoms with E-state index in [1.54, 1.807) is 19.1 Å². The molecular weight excluding hydrogens is 325 g/mol. The van der Waals surface area contributed by atoms with Gasteiger partial charge in [0.1, 0.15) is 6.04 Å². The fraction of sp³-hybridized carbons (Fsp3) is 0.462. The number of carbonyl (C=O) groups is 1. The third-order valence-electron chi connectivity index (χ3n) is 3.32. The van der Waals surface area contributed by atoms with Crippen LogP contribution in [0, 0.1) is 0 Å². The first-order valence-corrected chi connectivity index (χ1v) is 6.78. The van der Waals surface area contributed by atoms with Crippen LogP contribution in [0.15, 0.2) is 18.2 Å². The van der Waals surface area contributed by atoms with Crippen molar-refractivity contribution in [3.63, 3.8) is 0 Å². The lowest BCUT2D eigenvalue weighted by Crippen LogP contribution is -2.46. The number of aliphatic carboxylic acids is 1. The third kappa shape index (κ3) is 3.99. The average molecular weight is 341 g/mol. The van der Waals surface area contributed by atoms with Crippen LogP contribution >= 0.6 is 35.6 Å². The van der Waals surface area contributed by atoms with Crippen LogP contribution in [0.1, 0.15) is 18.6 Å². The van der Waals surface area contributed by atoms with Gasteiger partial charge in [-0.25, -0.2) is 0 Å². The van der Waals surface area contributed by atoms with E-state index >= 15 is 0 Å². The van der Waals surface area contributed by atoms with Gasteiger partial charge >= 0.3 is 5.97 Å². The first kappa shape index (κ1) is 17.5. The molecule has 1 aliphatic heterocycles. The summed E-state index contributed by atoms with van der Waals surface area (Å²) in [7, 11) is 0. The van der Waals surface area contributed by atoms with Crippen molar-refractivity contribution < 1.29 is 14.6 Å². The predicted octanol–water partition coefficient (Wildman–Crippen LogP) is 3.26. The van der Waals surface area contributed by atoms with Crippen molar-refractivity contribution in [2.24, 2.45) is 0 Å². The van der Waals surface area contributed by atoms with Crippen LogP contribution in [0.2, 0.25) is 10.0 Å². The van der Waals surface area contributed by atoms with E-state index in [9.17, 15) is 4.79 Å². The van der Waals surface area contributed by atoms with Gasteiger partial charge in [-0.05, 0) is 24.6 Å². The highest BCUT2D eigenvalue weighted by Crippen LogP contribution is 2.29. The highest BCUT2D eigenvalue weighted by atomic mass is 35.5. The van der Waals surface area contributed by atoms with E-state index in [1.807, 2.05) is 11.0 Å². The molecule has 0 amide bonds. The van der Waals surface area contributed by atoms with Crippen molar-refractivity contribution in [2.75, 3.05) is 19.7 Å². The van der Waals surface area contributed by atoms with Gasteiger partial charge in [0.2, 0.25) is 0 Å². The number of ether oxygens (including phenoxy) is 1. The van der Waals surface area contributed by atoms with Gasteiger partial charge in [-0.15, -0.1) is 12.4 Å². The Morgan fingerprint density at radius 2 is 2.15 bits per heavy atom. The standard InChI is InChI=1S/C13H15Cl2NO3.ClH/c1-8(13(17)18)16-4-5-19-12(7-16)9-2-3-10(14)11(15)6-9;/h2-3,6,8,12H,4-5,7H2,1H3,(H,17,18);1H. The molecule has 0 aliphatic carbocycles. The number of halogens is 3. The number of hydrogen-bond donors (Lipinski definition) is 1. The normalized spacial score (nSPS) is 21.1. The van der Waals surface area contributed by atoms with E-state index in [0.717, 1.165) is 5.56 Å². The Hall–Kier alpha value is -0.520. The number of carboxylic acids is 1. The third-order valence-corrected chi connectivity index (χ3v) is 4.06. The van der Waals surface area contributed by atoms with Gasteiger partial charge < -0.3 is 9.84 Å². The number of rotatable bonds is 3. The summed E-state index contributed by atoms with van der Waals surface area (Å²) in [5, 5.41) is 10.0. The van der Waals surface area contributed by atoms with Crippen LogP contribution in [0.5, 0.6) is 0 Å². The molecule has 7 heteroatoms.